The Hall–Kier alpha value is -3.30. The molecule has 0 bridgehead atoms. The number of hydrazone groups is 1. The van der Waals surface area contributed by atoms with Crippen LogP contribution in [0.2, 0.25) is 0 Å². The summed E-state index contributed by atoms with van der Waals surface area (Å²) in [7, 11) is 0. The zero-order valence-electron chi connectivity index (χ0n) is 11.5. The maximum Gasteiger partial charge on any atom is 0.490 e. The molecule has 0 aliphatic carbocycles. The Morgan fingerprint density at radius 3 is 2.86 bits per heavy atom. The number of phenols is 1. The minimum absolute atomic E-state index is 0.0930. The summed E-state index contributed by atoms with van der Waals surface area (Å²) < 4.78 is 1.23. The van der Waals surface area contributed by atoms with Crippen LogP contribution in [0.25, 0.3) is 0 Å². The molecular weight excluding hydrogens is 292 g/mol. The second-order valence-electron chi connectivity index (χ2n) is 4.30. The average molecular weight is 304 g/mol. The van der Waals surface area contributed by atoms with E-state index in [1.54, 1.807) is 19.1 Å². The highest BCUT2D eigenvalue weighted by Gasteiger charge is 2.14. The molecule has 0 spiro atoms. The first kappa shape index (κ1) is 15.1. The zero-order valence-corrected chi connectivity index (χ0v) is 11.5. The van der Waals surface area contributed by atoms with Gasteiger partial charge < -0.3 is 15.2 Å². The van der Waals surface area contributed by atoms with Crippen molar-refractivity contribution in [2.45, 2.75) is 13.5 Å². The molecule has 0 fully saturated rings. The maximum absolute atomic E-state index is 11.8. The first-order chi connectivity index (χ1) is 10.5. The van der Waals surface area contributed by atoms with E-state index in [0.29, 0.717) is 5.71 Å². The number of phenolic OH excluding ortho intramolecular Hbond substituents is 1. The number of benzene rings is 1. The van der Waals surface area contributed by atoms with Crippen LogP contribution >= 0.6 is 0 Å². The summed E-state index contributed by atoms with van der Waals surface area (Å²) in [6.07, 6.45) is 1.20. The minimum atomic E-state index is -0.705. The third-order valence-corrected chi connectivity index (χ3v) is 2.58. The van der Waals surface area contributed by atoms with Crippen LogP contribution in [0.4, 0.5) is 5.95 Å². The Kier molecular flexibility index (Phi) is 4.41. The Morgan fingerprint density at radius 1 is 1.50 bits per heavy atom. The second kappa shape index (κ2) is 6.43. The molecule has 0 aliphatic heterocycles. The number of nitro groups is 1. The molecule has 0 unspecified atom stereocenters. The van der Waals surface area contributed by atoms with Crippen molar-refractivity contribution < 1.29 is 14.8 Å². The van der Waals surface area contributed by atoms with Gasteiger partial charge in [-0.3, -0.25) is 4.79 Å². The predicted octanol–water partition coefficient (Wildman–Crippen LogP) is 0.698. The molecule has 0 saturated heterocycles. The molecule has 10 heteroatoms. The van der Waals surface area contributed by atoms with E-state index in [0.717, 1.165) is 0 Å². The van der Waals surface area contributed by atoms with Crippen molar-refractivity contribution >= 4 is 17.6 Å². The SMILES string of the molecule is C/C(Cn1cnc([N+](=O)[O-])n1)=N/NC(=O)c1ccccc1O. The first-order valence-electron chi connectivity index (χ1n) is 6.12. The normalized spacial score (nSPS) is 11.2. The van der Waals surface area contributed by atoms with E-state index < -0.39 is 16.8 Å². The molecule has 1 amide bonds. The third kappa shape index (κ3) is 3.62. The van der Waals surface area contributed by atoms with Crippen molar-refractivity contribution in [1.29, 1.82) is 0 Å². The molecule has 0 atom stereocenters. The van der Waals surface area contributed by atoms with Crippen LogP contribution in [0.3, 0.4) is 0 Å². The van der Waals surface area contributed by atoms with Gasteiger partial charge in [-0.1, -0.05) is 17.1 Å². The lowest BCUT2D eigenvalue weighted by Gasteiger charge is -2.03. The van der Waals surface area contributed by atoms with Crippen LogP contribution in [0, 0.1) is 10.1 Å². The van der Waals surface area contributed by atoms with Crippen LogP contribution in [-0.4, -0.2) is 36.4 Å². The predicted molar refractivity (Wildman–Crippen MR) is 75.4 cm³/mol. The largest absolute Gasteiger partial charge is 0.507 e. The van der Waals surface area contributed by atoms with Crippen molar-refractivity contribution in [3.05, 3.63) is 46.3 Å². The number of carbonyl (C=O) groups excluding carboxylic acids is 1. The standard InChI is InChI=1S/C12H12N6O4/c1-8(6-17-7-13-12(16-17)18(21)22)14-15-11(20)9-4-2-3-5-10(9)19/h2-5,7,19H,6H2,1H3,(H,15,20)/b14-8-. The number of aromatic nitrogens is 3. The fourth-order valence-corrected chi connectivity index (χ4v) is 1.59. The van der Waals surface area contributed by atoms with Gasteiger partial charge in [0.1, 0.15) is 5.75 Å². The lowest BCUT2D eigenvalue weighted by atomic mass is 10.2. The second-order valence-corrected chi connectivity index (χ2v) is 4.30. The highest BCUT2D eigenvalue weighted by molar-refractivity contribution is 5.97. The highest BCUT2D eigenvalue weighted by Crippen LogP contribution is 2.14. The van der Waals surface area contributed by atoms with Gasteiger partial charge in [0, 0.05) is 5.10 Å². The van der Waals surface area contributed by atoms with Crippen LogP contribution in [0.15, 0.2) is 35.7 Å². The Balaban J connectivity index is 1.99. The van der Waals surface area contributed by atoms with E-state index in [2.05, 4.69) is 20.6 Å². The average Bonchev–Trinajstić information content (AvgIpc) is 2.94. The molecule has 1 aromatic carbocycles. The zero-order chi connectivity index (χ0) is 16.1. The molecule has 0 aliphatic rings. The molecule has 0 radical (unpaired) electrons. The number of rotatable bonds is 5. The lowest BCUT2D eigenvalue weighted by Crippen LogP contribution is -2.20. The van der Waals surface area contributed by atoms with Gasteiger partial charge in [-0.2, -0.15) is 9.78 Å². The molecular formula is C12H12N6O4. The Bertz CT molecular complexity index is 739. The quantitative estimate of drug-likeness (QED) is 0.474. The number of nitrogens with zero attached hydrogens (tertiary/aromatic N) is 5. The summed E-state index contributed by atoms with van der Waals surface area (Å²) in [4.78, 5) is 25.1. The Labute approximate surface area is 124 Å². The maximum atomic E-state index is 11.8. The summed E-state index contributed by atoms with van der Waals surface area (Å²) >= 11 is 0. The topological polar surface area (TPSA) is 136 Å². The molecule has 1 aromatic heterocycles. The van der Waals surface area contributed by atoms with Crippen molar-refractivity contribution in [1.82, 2.24) is 20.2 Å². The third-order valence-electron chi connectivity index (χ3n) is 2.58. The number of carbonyl (C=O) groups is 1. The van der Waals surface area contributed by atoms with E-state index in [1.807, 2.05) is 0 Å². The van der Waals surface area contributed by atoms with Crippen molar-refractivity contribution in [3.8, 4) is 5.75 Å². The molecule has 22 heavy (non-hydrogen) atoms. The summed E-state index contributed by atoms with van der Waals surface area (Å²) in [5.41, 5.74) is 2.82. The highest BCUT2D eigenvalue weighted by atomic mass is 16.6. The summed E-state index contributed by atoms with van der Waals surface area (Å²) in [6.45, 7) is 1.74. The minimum Gasteiger partial charge on any atom is -0.507 e. The Morgan fingerprint density at radius 2 is 2.23 bits per heavy atom. The fraction of sp³-hybridized carbons (Fsp3) is 0.167. The molecule has 10 nitrogen and oxygen atoms in total. The fourth-order valence-electron chi connectivity index (χ4n) is 1.59. The van der Waals surface area contributed by atoms with E-state index in [9.17, 15) is 20.0 Å². The summed E-state index contributed by atoms with van der Waals surface area (Å²) in [5.74, 6) is -1.23. The van der Waals surface area contributed by atoms with E-state index in [4.69, 9.17) is 0 Å². The van der Waals surface area contributed by atoms with E-state index in [1.165, 1.54) is 23.1 Å². The molecule has 2 aromatic rings. The van der Waals surface area contributed by atoms with Gasteiger partial charge in [0.15, 0.2) is 0 Å². The molecule has 2 N–H and O–H groups in total. The monoisotopic (exact) mass is 304 g/mol. The molecule has 2 rings (SSSR count). The van der Waals surface area contributed by atoms with Gasteiger partial charge in [0.2, 0.25) is 6.33 Å². The van der Waals surface area contributed by atoms with Gasteiger partial charge in [-0.25, -0.2) is 5.43 Å². The van der Waals surface area contributed by atoms with Crippen molar-refractivity contribution in [2.24, 2.45) is 5.10 Å². The van der Waals surface area contributed by atoms with Crippen LogP contribution in [0.1, 0.15) is 17.3 Å². The van der Waals surface area contributed by atoms with Crippen molar-refractivity contribution in [2.75, 3.05) is 0 Å². The number of para-hydroxylation sites is 1. The summed E-state index contributed by atoms with van der Waals surface area (Å²) in [5, 5.41) is 27.5. The van der Waals surface area contributed by atoms with Crippen molar-refractivity contribution in [3.63, 3.8) is 0 Å². The number of hydrogen-bond acceptors (Lipinski definition) is 7. The van der Waals surface area contributed by atoms with Crippen LogP contribution in [-0.2, 0) is 6.54 Å². The smallest absolute Gasteiger partial charge is 0.490 e. The van der Waals surface area contributed by atoms with Gasteiger partial charge >= 0.3 is 5.95 Å². The number of aromatic hydroxyl groups is 1. The number of hydrogen-bond donors (Lipinski definition) is 2. The van der Waals surface area contributed by atoms with Gasteiger partial charge in [0.25, 0.3) is 5.91 Å². The van der Waals surface area contributed by atoms with E-state index >= 15 is 0 Å². The molecule has 114 valence electrons. The summed E-state index contributed by atoms with van der Waals surface area (Å²) in [6, 6.07) is 6.05. The van der Waals surface area contributed by atoms with E-state index in [-0.39, 0.29) is 17.9 Å². The lowest BCUT2D eigenvalue weighted by molar-refractivity contribution is -0.394. The van der Waals surface area contributed by atoms with Gasteiger partial charge in [-0.15, -0.1) is 0 Å². The molecule has 1 heterocycles. The number of amides is 1. The van der Waals surface area contributed by atoms with Gasteiger partial charge in [-0.05, 0) is 24.0 Å². The molecule has 0 saturated carbocycles. The number of nitrogens with one attached hydrogen (secondary N) is 1. The van der Waals surface area contributed by atoms with Crippen LogP contribution in [0.5, 0.6) is 5.75 Å². The van der Waals surface area contributed by atoms with Gasteiger partial charge in [0.05, 0.1) is 17.8 Å². The van der Waals surface area contributed by atoms with Crippen LogP contribution < -0.4 is 5.43 Å². The first-order valence-corrected chi connectivity index (χ1v) is 6.12.